The summed E-state index contributed by atoms with van der Waals surface area (Å²) < 4.78 is 16.3. The van der Waals surface area contributed by atoms with Gasteiger partial charge in [-0.05, 0) is 24.1 Å². The third kappa shape index (κ3) is 2.34. The Morgan fingerprint density at radius 1 is 1.15 bits per heavy atom. The summed E-state index contributed by atoms with van der Waals surface area (Å²) in [6.07, 6.45) is 0. The van der Waals surface area contributed by atoms with Gasteiger partial charge in [0.25, 0.3) is 5.89 Å². The highest BCUT2D eigenvalue weighted by atomic mass is 16.6. The average Bonchev–Trinajstić information content (AvgIpc) is 2.95. The Morgan fingerprint density at radius 2 is 1.90 bits per heavy atom. The zero-order valence-corrected chi connectivity index (χ0v) is 11.5. The zero-order valence-electron chi connectivity index (χ0n) is 11.5. The molecule has 0 aliphatic carbocycles. The van der Waals surface area contributed by atoms with Crippen LogP contribution in [0.3, 0.4) is 0 Å². The van der Waals surface area contributed by atoms with Crippen molar-refractivity contribution in [1.82, 2.24) is 10.1 Å². The van der Waals surface area contributed by atoms with E-state index in [0.29, 0.717) is 30.7 Å². The van der Waals surface area contributed by atoms with E-state index in [2.05, 4.69) is 10.1 Å². The number of rotatable bonds is 3. The summed E-state index contributed by atoms with van der Waals surface area (Å²) in [7, 11) is 0. The summed E-state index contributed by atoms with van der Waals surface area (Å²) in [5.74, 6) is 2.64. The van der Waals surface area contributed by atoms with Crippen molar-refractivity contribution >= 4 is 0 Å². The number of hydrogen-bond donors (Lipinski definition) is 1. The lowest BCUT2D eigenvalue weighted by atomic mass is 10.1. The van der Waals surface area contributed by atoms with Gasteiger partial charge in [-0.1, -0.05) is 19.0 Å². The Labute approximate surface area is 116 Å². The fourth-order valence-corrected chi connectivity index (χ4v) is 1.96. The summed E-state index contributed by atoms with van der Waals surface area (Å²) in [6, 6.07) is 5.32. The molecule has 106 valence electrons. The molecule has 1 aliphatic heterocycles. The van der Waals surface area contributed by atoms with Crippen LogP contribution in [0.2, 0.25) is 0 Å². The highest BCUT2D eigenvalue weighted by Crippen LogP contribution is 2.34. The normalized spacial score (nSPS) is 15.4. The number of nitrogens with zero attached hydrogens (tertiary/aromatic N) is 2. The van der Waals surface area contributed by atoms with Crippen molar-refractivity contribution in [1.29, 1.82) is 0 Å². The van der Waals surface area contributed by atoms with Gasteiger partial charge in [0.2, 0.25) is 0 Å². The second-order valence-electron chi connectivity index (χ2n) is 5.09. The fourth-order valence-electron chi connectivity index (χ4n) is 1.96. The second-order valence-corrected chi connectivity index (χ2v) is 5.09. The van der Waals surface area contributed by atoms with E-state index in [-0.39, 0.29) is 12.0 Å². The van der Waals surface area contributed by atoms with E-state index in [9.17, 15) is 0 Å². The molecular weight excluding hydrogens is 258 g/mol. The molecule has 6 nitrogen and oxygen atoms in total. The highest BCUT2D eigenvalue weighted by Gasteiger charge is 2.19. The molecule has 0 spiro atoms. The van der Waals surface area contributed by atoms with Gasteiger partial charge in [-0.2, -0.15) is 4.98 Å². The van der Waals surface area contributed by atoms with Crippen molar-refractivity contribution in [2.24, 2.45) is 11.7 Å². The van der Waals surface area contributed by atoms with Gasteiger partial charge in [0, 0.05) is 5.56 Å². The van der Waals surface area contributed by atoms with Crippen molar-refractivity contribution in [3.63, 3.8) is 0 Å². The molecule has 0 saturated heterocycles. The van der Waals surface area contributed by atoms with E-state index in [1.807, 2.05) is 32.0 Å². The molecule has 3 rings (SSSR count). The smallest absolute Gasteiger partial charge is 0.258 e. The summed E-state index contributed by atoms with van der Waals surface area (Å²) in [6.45, 7) is 5.15. The molecule has 2 heterocycles. The molecule has 0 saturated carbocycles. The quantitative estimate of drug-likeness (QED) is 0.924. The molecule has 0 radical (unpaired) electrons. The predicted octanol–water partition coefficient (Wildman–Crippen LogP) is 2.16. The van der Waals surface area contributed by atoms with Crippen molar-refractivity contribution in [2.75, 3.05) is 13.2 Å². The molecule has 1 aromatic carbocycles. The lowest BCUT2D eigenvalue weighted by molar-refractivity contribution is 0.171. The monoisotopic (exact) mass is 275 g/mol. The first kappa shape index (κ1) is 12.9. The molecule has 6 heteroatoms. The maximum absolute atomic E-state index is 6.01. The van der Waals surface area contributed by atoms with Crippen LogP contribution in [0.15, 0.2) is 22.7 Å². The van der Waals surface area contributed by atoms with Crippen LogP contribution in [0.4, 0.5) is 0 Å². The van der Waals surface area contributed by atoms with E-state index in [1.165, 1.54) is 0 Å². The molecule has 1 atom stereocenters. The standard InChI is InChI=1S/C14H17N3O3/c1-8(2)12(15)13-16-14(20-17-13)9-3-4-10-11(7-9)19-6-5-18-10/h3-4,7-8,12H,5-6,15H2,1-2H3. The minimum atomic E-state index is -0.232. The number of nitrogens with two attached hydrogens (primary N) is 1. The molecule has 0 fully saturated rings. The SMILES string of the molecule is CC(C)C(N)c1noc(-c2ccc3c(c2)OCCO3)n1. The Kier molecular flexibility index (Phi) is 3.31. The zero-order chi connectivity index (χ0) is 14.1. The van der Waals surface area contributed by atoms with Gasteiger partial charge in [-0.15, -0.1) is 0 Å². The minimum Gasteiger partial charge on any atom is -0.486 e. The van der Waals surface area contributed by atoms with Crippen LogP contribution in [-0.4, -0.2) is 23.4 Å². The van der Waals surface area contributed by atoms with Crippen LogP contribution < -0.4 is 15.2 Å². The maximum atomic E-state index is 6.01. The summed E-state index contributed by atoms with van der Waals surface area (Å²) in [5.41, 5.74) is 6.81. The summed E-state index contributed by atoms with van der Waals surface area (Å²) >= 11 is 0. The first-order valence-electron chi connectivity index (χ1n) is 6.64. The molecule has 1 aliphatic rings. The molecule has 2 N–H and O–H groups in total. The van der Waals surface area contributed by atoms with E-state index in [1.54, 1.807) is 0 Å². The van der Waals surface area contributed by atoms with Crippen LogP contribution in [0, 0.1) is 5.92 Å². The van der Waals surface area contributed by atoms with Gasteiger partial charge in [0.15, 0.2) is 17.3 Å². The van der Waals surface area contributed by atoms with E-state index in [4.69, 9.17) is 19.7 Å². The van der Waals surface area contributed by atoms with Crippen LogP contribution in [0.1, 0.15) is 25.7 Å². The Hall–Kier alpha value is -2.08. The van der Waals surface area contributed by atoms with Gasteiger partial charge in [-0.25, -0.2) is 0 Å². The first-order valence-corrected chi connectivity index (χ1v) is 6.64. The number of benzene rings is 1. The molecule has 1 unspecified atom stereocenters. The summed E-state index contributed by atoms with van der Waals surface area (Å²) in [5, 5.41) is 3.94. The largest absolute Gasteiger partial charge is 0.486 e. The highest BCUT2D eigenvalue weighted by molar-refractivity contribution is 5.60. The number of hydrogen-bond acceptors (Lipinski definition) is 6. The number of aromatic nitrogens is 2. The average molecular weight is 275 g/mol. The van der Waals surface area contributed by atoms with E-state index in [0.717, 1.165) is 11.3 Å². The third-order valence-corrected chi connectivity index (χ3v) is 3.25. The summed E-state index contributed by atoms with van der Waals surface area (Å²) in [4.78, 5) is 4.35. The van der Waals surface area contributed by atoms with Gasteiger partial charge in [0.1, 0.15) is 13.2 Å². The van der Waals surface area contributed by atoms with E-state index >= 15 is 0 Å². The predicted molar refractivity (Wildman–Crippen MR) is 72.5 cm³/mol. The van der Waals surface area contributed by atoms with E-state index < -0.39 is 0 Å². The molecule has 0 amide bonds. The van der Waals surface area contributed by atoms with Crippen LogP contribution in [0.5, 0.6) is 11.5 Å². The van der Waals surface area contributed by atoms with Gasteiger partial charge in [0.05, 0.1) is 6.04 Å². The van der Waals surface area contributed by atoms with Gasteiger partial charge >= 0.3 is 0 Å². The van der Waals surface area contributed by atoms with Crippen molar-refractivity contribution in [3.05, 3.63) is 24.0 Å². The third-order valence-electron chi connectivity index (χ3n) is 3.25. The molecular formula is C14H17N3O3. The minimum absolute atomic E-state index is 0.232. The molecule has 20 heavy (non-hydrogen) atoms. The van der Waals surface area contributed by atoms with Crippen molar-refractivity contribution < 1.29 is 14.0 Å². The number of ether oxygens (including phenoxy) is 2. The Morgan fingerprint density at radius 3 is 2.65 bits per heavy atom. The van der Waals surface area contributed by atoms with Crippen molar-refractivity contribution in [2.45, 2.75) is 19.9 Å². The molecule has 0 bridgehead atoms. The van der Waals surface area contributed by atoms with Gasteiger partial charge in [-0.3, -0.25) is 0 Å². The van der Waals surface area contributed by atoms with Crippen LogP contribution in [0.25, 0.3) is 11.5 Å². The lowest BCUT2D eigenvalue weighted by Gasteiger charge is -2.18. The first-order chi connectivity index (χ1) is 9.65. The fraction of sp³-hybridized carbons (Fsp3) is 0.429. The Bertz CT molecular complexity index is 609. The Balaban J connectivity index is 1.89. The van der Waals surface area contributed by atoms with Gasteiger partial charge < -0.3 is 19.7 Å². The second kappa shape index (κ2) is 5.13. The number of fused-ring (bicyclic) bond motifs is 1. The maximum Gasteiger partial charge on any atom is 0.258 e. The van der Waals surface area contributed by atoms with Crippen LogP contribution >= 0.6 is 0 Å². The topological polar surface area (TPSA) is 83.4 Å². The molecule has 1 aromatic heterocycles. The van der Waals surface area contributed by atoms with Crippen LogP contribution in [-0.2, 0) is 0 Å². The molecule has 2 aromatic rings. The van der Waals surface area contributed by atoms with Crippen molar-refractivity contribution in [3.8, 4) is 23.0 Å². The lowest BCUT2D eigenvalue weighted by Crippen LogP contribution is -2.18.